The Labute approximate surface area is 248 Å². The smallest absolute Gasteiger partial charge is 0.243 e. The average molecular weight is 595 g/mol. The summed E-state index contributed by atoms with van der Waals surface area (Å²) in [5, 5.41) is 37.1. The molecule has 1 aromatic rings. The zero-order valence-electron chi connectivity index (χ0n) is 24.5. The summed E-state index contributed by atoms with van der Waals surface area (Å²) in [4.78, 5) is 48.0. The molecule has 0 aliphatic carbocycles. The molecule has 4 amide bonds. The molecule has 1 aromatic carbocycles. The molecular formula is C28H50N8O6. The minimum absolute atomic E-state index is 0.00707. The summed E-state index contributed by atoms with van der Waals surface area (Å²) < 4.78 is 0. The number of amides is 4. The Morgan fingerprint density at radius 2 is 1.33 bits per heavy atom. The summed E-state index contributed by atoms with van der Waals surface area (Å²) in [6.07, 6.45) is 4.73. The van der Waals surface area contributed by atoms with E-state index >= 15 is 0 Å². The highest BCUT2D eigenvalue weighted by Crippen LogP contribution is 2.22. The van der Waals surface area contributed by atoms with Crippen molar-refractivity contribution in [1.29, 1.82) is 0 Å². The topological polar surface area (TPSA) is 233 Å². The van der Waals surface area contributed by atoms with E-state index in [0.717, 1.165) is 70.9 Å². The molecule has 42 heavy (non-hydrogen) atoms. The van der Waals surface area contributed by atoms with Gasteiger partial charge in [0, 0.05) is 24.7 Å². The van der Waals surface area contributed by atoms with Crippen LogP contribution >= 0.6 is 0 Å². The maximum atomic E-state index is 12.5. The van der Waals surface area contributed by atoms with Gasteiger partial charge < -0.3 is 53.6 Å². The summed E-state index contributed by atoms with van der Waals surface area (Å²) >= 11 is 0. The molecule has 14 heteroatoms. The van der Waals surface area contributed by atoms with Gasteiger partial charge in [0.2, 0.25) is 23.6 Å². The number of carbonyl (C=O) groups excluding carboxylic acids is 4. The number of hydrogen-bond donors (Lipinski definition) is 10. The van der Waals surface area contributed by atoms with Gasteiger partial charge in [0.1, 0.15) is 17.5 Å². The van der Waals surface area contributed by atoms with Gasteiger partial charge in [-0.05, 0) is 83.9 Å². The van der Waals surface area contributed by atoms with E-state index in [2.05, 4.69) is 31.9 Å². The Hall–Kier alpha value is -3.46. The van der Waals surface area contributed by atoms with Gasteiger partial charge in [-0.15, -0.1) is 0 Å². The maximum absolute atomic E-state index is 12.5. The number of phenols is 2. The molecule has 0 bridgehead atoms. The van der Waals surface area contributed by atoms with Crippen LogP contribution in [0.2, 0.25) is 0 Å². The molecule has 0 saturated carbocycles. The first kappa shape index (κ1) is 36.6. The van der Waals surface area contributed by atoms with Crippen LogP contribution in [0.5, 0.6) is 11.5 Å². The van der Waals surface area contributed by atoms with E-state index in [1.807, 2.05) is 0 Å². The molecule has 14 nitrogen and oxygen atoms in total. The van der Waals surface area contributed by atoms with Gasteiger partial charge in [-0.25, -0.2) is 0 Å². The number of phenolic OH excluding ortho intramolecular Hbond substituents is 2. The Bertz CT molecular complexity index is 949. The van der Waals surface area contributed by atoms with Crippen LogP contribution in [-0.2, 0) is 25.6 Å². The monoisotopic (exact) mass is 594 g/mol. The number of hydrogen-bond acceptors (Lipinski definition) is 10. The van der Waals surface area contributed by atoms with E-state index in [1.54, 1.807) is 0 Å². The van der Waals surface area contributed by atoms with E-state index in [-0.39, 0.29) is 35.8 Å². The van der Waals surface area contributed by atoms with Crippen LogP contribution in [0.15, 0.2) is 18.2 Å². The summed E-state index contributed by atoms with van der Waals surface area (Å²) in [5.74, 6) is -2.19. The van der Waals surface area contributed by atoms with Gasteiger partial charge in [0.15, 0.2) is 0 Å². The van der Waals surface area contributed by atoms with Gasteiger partial charge in [-0.1, -0.05) is 6.07 Å². The number of rotatable bonds is 25. The summed E-state index contributed by atoms with van der Waals surface area (Å²) in [5.41, 5.74) is 10.9. The lowest BCUT2D eigenvalue weighted by molar-refractivity contribution is -0.131. The molecule has 0 unspecified atom stereocenters. The zero-order valence-corrected chi connectivity index (χ0v) is 24.5. The zero-order chi connectivity index (χ0) is 31.0. The second-order valence-corrected chi connectivity index (χ2v) is 10.0. The molecule has 1 rings (SSSR count). The minimum Gasteiger partial charge on any atom is -0.508 e. The number of unbranched alkanes of at least 4 members (excludes halogenated alkanes) is 2. The second kappa shape index (κ2) is 23.1. The molecule has 0 saturated heterocycles. The largest absolute Gasteiger partial charge is 0.508 e. The molecule has 1 atom stereocenters. The predicted molar refractivity (Wildman–Crippen MR) is 161 cm³/mol. The van der Waals surface area contributed by atoms with Crippen LogP contribution in [0.1, 0.15) is 50.5 Å². The summed E-state index contributed by atoms with van der Waals surface area (Å²) in [6, 6.07) is 2.72. The fourth-order valence-electron chi connectivity index (χ4n) is 3.93. The van der Waals surface area contributed by atoms with Crippen LogP contribution in [0.3, 0.4) is 0 Å². The third kappa shape index (κ3) is 18.8. The number of aromatic hydroxyl groups is 2. The molecule has 0 radical (unpaired) electrons. The fraction of sp³-hybridized carbons (Fsp3) is 0.643. The van der Waals surface area contributed by atoms with Crippen LogP contribution in [-0.4, -0.2) is 98.8 Å². The first-order valence-electron chi connectivity index (χ1n) is 14.7. The van der Waals surface area contributed by atoms with Crippen LogP contribution in [0.4, 0.5) is 0 Å². The maximum Gasteiger partial charge on any atom is 0.243 e. The average Bonchev–Trinajstić information content (AvgIpc) is 2.94. The van der Waals surface area contributed by atoms with Gasteiger partial charge in [0.05, 0.1) is 19.4 Å². The van der Waals surface area contributed by atoms with Crippen molar-refractivity contribution in [3.63, 3.8) is 0 Å². The first-order valence-corrected chi connectivity index (χ1v) is 14.7. The molecule has 238 valence electrons. The van der Waals surface area contributed by atoms with Crippen molar-refractivity contribution in [2.75, 3.05) is 58.9 Å². The van der Waals surface area contributed by atoms with Crippen molar-refractivity contribution >= 4 is 23.6 Å². The summed E-state index contributed by atoms with van der Waals surface area (Å²) in [7, 11) is 0. The van der Waals surface area contributed by atoms with Crippen molar-refractivity contribution < 1.29 is 29.4 Å². The number of nitrogens with one attached hydrogen (secondary N) is 6. The molecule has 0 heterocycles. The van der Waals surface area contributed by atoms with E-state index in [4.69, 9.17) is 11.5 Å². The normalized spacial score (nSPS) is 11.5. The Kier molecular flexibility index (Phi) is 20.1. The van der Waals surface area contributed by atoms with Gasteiger partial charge in [-0.3, -0.25) is 19.2 Å². The van der Waals surface area contributed by atoms with Crippen molar-refractivity contribution in [1.82, 2.24) is 31.9 Å². The Morgan fingerprint density at radius 3 is 2.00 bits per heavy atom. The molecule has 0 aliphatic heterocycles. The standard InChI is InChI=1S/C28H50N8O6/c29-9-1-2-11-33-20-27(41)34-16-6-14-32-13-5-12-31-10-3-4-15-35-28(42)23(19-25(30)39)36-26(40)17-21-7-8-22(37)18-24(21)38/h7-8,18,23,31-33,37-38H,1-6,9-17,19-20,29H2,(H2,30,39)(H,34,41)(H,35,42)(H,36,40)/t23-/m0/s1. The van der Waals surface area contributed by atoms with Crippen molar-refractivity contribution in [3.05, 3.63) is 23.8 Å². The molecule has 0 aliphatic rings. The number of nitrogens with two attached hydrogens (primary N) is 2. The lowest BCUT2D eigenvalue weighted by Crippen LogP contribution is -2.49. The van der Waals surface area contributed by atoms with Gasteiger partial charge in [0.25, 0.3) is 0 Å². The second-order valence-electron chi connectivity index (χ2n) is 10.0. The summed E-state index contributed by atoms with van der Waals surface area (Å²) in [6.45, 7) is 6.19. The van der Waals surface area contributed by atoms with Crippen molar-refractivity contribution in [3.8, 4) is 11.5 Å². The van der Waals surface area contributed by atoms with Crippen LogP contribution < -0.4 is 43.4 Å². The van der Waals surface area contributed by atoms with E-state index in [0.29, 0.717) is 32.6 Å². The minimum atomic E-state index is -1.12. The third-order valence-corrected chi connectivity index (χ3v) is 6.21. The quantitative estimate of drug-likeness (QED) is 0.0576. The van der Waals surface area contributed by atoms with Gasteiger partial charge >= 0.3 is 0 Å². The Morgan fingerprint density at radius 1 is 0.738 bits per heavy atom. The molecular weight excluding hydrogens is 544 g/mol. The molecule has 0 spiro atoms. The molecule has 0 fully saturated rings. The van der Waals surface area contributed by atoms with Crippen molar-refractivity contribution in [2.45, 2.75) is 57.4 Å². The SMILES string of the molecule is NCCCCNCC(=O)NCCCNCCCNCCCCNC(=O)[C@H](CC(N)=O)NC(=O)Cc1ccc(O)cc1O. The van der Waals surface area contributed by atoms with E-state index < -0.39 is 23.8 Å². The number of primary amides is 1. The first-order chi connectivity index (χ1) is 20.2. The highest BCUT2D eigenvalue weighted by molar-refractivity contribution is 5.92. The van der Waals surface area contributed by atoms with E-state index in [1.165, 1.54) is 12.1 Å². The third-order valence-electron chi connectivity index (χ3n) is 6.21. The highest BCUT2D eigenvalue weighted by atomic mass is 16.3. The lowest BCUT2D eigenvalue weighted by Gasteiger charge is -2.17. The lowest BCUT2D eigenvalue weighted by atomic mass is 10.1. The van der Waals surface area contributed by atoms with Crippen LogP contribution in [0.25, 0.3) is 0 Å². The highest BCUT2D eigenvalue weighted by Gasteiger charge is 2.23. The number of carbonyl (C=O) groups is 4. The molecule has 0 aromatic heterocycles. The van der Waals surface area contributed by atoms with E-state index in [9.17, 15) is 29.4 Å². The molecule has 12 N–H and O–H groups in total. The van der Waals surface area contributed by atoms with Gasteiger partial charge in [-0.2, -0.15) is 0 Å². The Balaban J connectivity index is 2.06. The van der Waals surface area contributed by atoms with Crippen LogP contribution in [0, 0.1) is 0 Å². The predicted octanol–water partition coefficient (Wildman–Crippen LogP) is -1.70. The van der Waals surface area contributed by atoms with Crippen molar-refractivity contribution in [2.24, 2.45) is 11.5 Å². The fourth-order valence-corrected chi connectivity index (χ4v) is 3.93. The number of benzene rings is 1.